The first-order valence-corrected chi connectivity index (χ1v) is 5.77. The SMILES string of the molecule is C=O.CC.Cc1nc2cc(Cl)ccc2s1. The molecule has 2 nitrogen and oxygen atoms in total. The number of fused-ring (bicyclic) bond motifs is 1. The first-order chi connectivity index (χ1) is 7.25. The number of nitrogens with zero attached hydrogens (tertiary/aromatic N) is 1. The highest BCUT2D eigenvalue weighted by atomic mass is 35.5. The van der Waals surface area contributed by atoms with Crippen molar-refractivity contribution in [3.05, 3.63) is 28.2 Å². The fourth-order valence-electron chi connectivity index (χ4n) is 1.02. The lowest BCUT2D eigenvalue weighted by Gasteiger charge is -1.86. The molecule has 1 aromatic heterocycles. The summed E-state index contributed by atoms with van der Waals surface area (Å²) in [5.74, 6) is 0. The maximum absolute atomic E-state index is 8.00. The summed E-state index contributed by atoms with van der Waals surface area (Å²) in [6.07, 6.45) is 0. The van der Waals surface area contributed by atoms with Gasteiger partial charge in [0.1, 0.15) is 6.79 Å². The van der Waals surface area contributed by atoms with E-state index in [0.29, 0.717) is 0 Å². The fraction of sp³-hybridized carbons (Fsp3) is 0.273. The van der Waals surface area contributed by atoms with Crippen LogP contribution in [0, 0.1) is 6.92 Å². The summed E-state index contributed by atoms with van der Waals surface area (Å²) in [7, 11) is 0. The van der Waals surface area contributed by atoms with Gasteiger partial charge in [0, 0.05) is 5.02 Å². The van der Waals surface area contributed by atoms with Crippen LogP contribution in [-0.4, -0.2) is 11.8 Å². The van der Waals surface area contributed by atoms with Gasteiger partial charge in [-0.05, 0) is 25.1 Å². The van der Waals surface area contributed by atoms with Crippen molar-refractivity contribution in [2.75, 3.05) is 0 Å². The van der Waals surface area contributed by atoms with Crippen LogP contribution < -0.4 is 0 Å². The third-order valence-electron chi connectivity index (χ3n) is 1.46. The van der Waals surface area contributed by atoms with E-state index in [1.165, 1.54) is 4.70 Å². The van der Waals surface area contributed by atoms with E-state index in [-0.39, 0.29) is 0 Å². The molecule has 82 valence electrons. The molecular formula is C11H14ClNOS. The average molecular weight is 244 g/mol. The molecule has 1 aromatic carbocycles. The largest absolute Gasteiger partial charge is 0.307 e. The van der Waals surface area contributed by atoms with E-state index in [9.17, 15) is 0 Å². The molecule has 0 saturated carbocycles. The second-order valence-electron chi connectivity index (χ2n) is 2.34. The van der Waals surface area contributed by atoms with Gasteiger partial charge in [0.15, 0.2) is 0 Å². The van der Waals surface area contributed by atoms with Crippen molar-refractivity contribution in [3.63, 3.8) is 0 Å². The van der Waals surface area contributed by atoms with Gasteiger partial charge in [-0.2, -0.15) is 0 Å². The van der Waals surface area contributed by atoms with Crippen LogP contribution in [0.3, 0.4) is 0 Å². The first kappa shape index (κ1) is 14.1. The zero-order chi connectivity index (χ0) is 11.8. The van der Waals surface area contributed by atoms with Crippen LogP contribution in [0.5, 0.6) is 0 Å². The minimum Gasteiger partial charge on any atom is -0.307 e. The molecule has 1 heterocycles. The Labute approximate surface area is 98.9 Å². The van der Waals surface area contributed by atoms with Crippen LogP contribution in [0.25, 0.3) is 10.2 Å². The molecule has 0 spiro atoms. The molecule has 0 aliphatic heterocycles. The van der Waals surface area contributed by atoms with Crippen molar-refractivity contribution >= 4 is 39.9 Å². The molecular weight excluding hydrogens is 230 g/mol. The number of rotatable bonds is 0. The molecule has 0 unspecified atom stereocenters. The summed E-state index contributed by atoms with van der Waals surface area (Å²) in [6, 6.07) is 5.78. The van der Waals surface area contributed by atoms with Crippen molar-refractivity contribution in [1.29, 1.82) is 0 Å². The molecule has 2 rings (SSSR count). The number of thiazole rings is 1. The van der Waals surface area contributed by atoms with Crippen molar-refractivity contribution in [2.45, 2.75) is 20.8 Å². The van der Waals surface area contributed by atoms with Crippen LogP contribution in [0.15, 0.2) is 18.2 Å². The quantitative estimate of drug-likeness (QED) is 0.697. The monoisotopic (exact) mass is 243 g/mol. The molecule has 0 fully saturated rings. The average Bonchev–Trinajstić information content (AvgIpc) is 2.63. The summed E-state index contributed by atoms with van der Waals surface area (Å²) in [6.45, 7) is 8.00. The van der Waals surface area contributed by atoms with E-state index in [1.807, 2.05) is 45.8 Å². The molecule has 0 amide bonds. The summed E-state index contributed by atoms with van der Waals surface area (Å²) in [5.41, 5.74) is 1.00. The van der Waals surface area contributed by atoms with Crippen molar-refractivity contribution < 1.29 is 4.79 Å². The van der Waals surface area contributed by atoms with Gasteiger partial charge in [0.25, 0.3) is 0 Å². The summed E-state index contributed by atoms with van der Waals surface area (Å²) < 4.78 is 1.20. The lowest BCUT2D eigenvalue weighted by atomic mass is 10.3. The molecule has 4 heteroatoms. The number of carbonyl (C=O) groups excluding carboxylic acids is 1. The molecule has 0 aliphatic rings. The molecule has 2 aromatic rings. The second-order valence-corrected chi connectivity index (χ2v) is 4.02. The predicted molar refractivity (Wildman–Crippen MR) is 67.8 cm³/mol. The molecule has 0 bridgehead atoms. The van der Waals surface area contributed by atoms with Gasteiger partial charge in [-0.15, -0.1) is 11.3 Å². The Morgan fingerprint density at radius 2 is 1.93 bits per heavy atom. The molecule has 15 heavy (non-hydrogen) atoms. The third kappa shape index (κ3) is 3.98. The molecule has 0 radical (unpaired) electrons. The van der Waals surface area contributed by atoms with Crippen LogP contribution in [-0.2, 0) is 4.79 Å². The predicted octanol–water partition coefficient (Wildman–Crippen LogP) is 4.10. The molecule has 0 N–H and O–H groups in total. The van der Waals surface area contributed by atoms with Crippen LogP contribution >= 0.6 is 22.9 Å². The van der Waals surface area contributed by atoms with Gasteiger partial charge in [-0.1, -0.05) is 25.4 Å². The lowest BCUT2D eigenvalue weighted by Crippen LogP contribution is -1.67. The Hall–Kier alpha value is -0.930. The topological polar surface area (TPSA) is 30.0 Å². The highest BCUT2D eigenvalue weighted by Crippen LogP contribution is 2.23. The minimum atomic E-state index is 0.753. The molecule has 0 atom stereocenters. The van der Waals surface area contributed by atoms with Gasteiger partial charge in [-0.25, -0.2) is 4.98 Å². The Balaban J connectivity index is 0.000000442. The number of aromatic nitrogens is 1. The summed E-state index contributed by atoms with van der Waals surface area (Å²) in [5, 5.41) is 1.84. The van der Waals surface area contributed by atoms with Crippen LogP contribution in [0.4, 0.5) is 0 Å². The Morgan fingerprint density at radius 3 is 2.53 bits per heavy atom. The van der Waals surface area contributed by atoms with Crippen molar-refractivity contribution in [1.82, 2.24) is 4.98 Å². The number of hydrogen-bond acceptors (Lipinski definition) is 3. The number of halogens is 1. The highest BCUT2D eigenvalue weighted by Gasteiger charge is 1.98. The maximum atomic E-state index is 8.00. The van der Waals surface area contributed by atoms with E-state index in [2.05, 4.69) is 4.98 Å². The van der Waals surface area contributed by atoms with Crippen LogP contribution in [0.2, 0.25) is 5.02 Å². The van der Waals surface area contributed by atoms with Gasteiger partial charge in [0.05, 0.1) is 15.2 Å². The number of hydrogen-bond donors (Lipinski definition) is 0. The fourth-order valence-corrected chi connectivity index (χ4v) is 1.99. The molecule has 0 saturated heterocycles. The number of carbonyl (C=O) groups is 1. The zero-order valence-corrected chi connectivity index (χ0v) is 10.7. The Morgan fingerprint density at radius 1 is 1.33 bits per heavy atom. The van der Waals surface area contributed by atoms with E-state index < -0.39 is 0 Å². The molecule has 0 aliphatic carbocycles. The maximum Gasteiger partial charge on any atom is 0.106 e. The zero-order valence-electron chi connectivity index (χ0n) is 9.08. The summed E-state index contributed by atoms with van der Waals surface area (Å²) in [4.78, 5) is 12.3. The van der Waals surface area contributed by atoms with Crippen molar-refractivity contribution in [3.8, 4) is 0 Å². The van der Waals surface area contributed by atoms with Gasteiger partial charge >= 0.3 is 0 Å². The van der Waals surface area contributed by atoms with E-state index in [4.69, 9.17) is 16.4 Å². The number of benzene rings is 1. The third-order valence-corrected chi connectivity index (χ3v) is 2.64. The normalized spacial score (nSPS) is 8.53. The van der Waals surface area contributed by atoms with E-state index >= 15 is 0 Å². The van der Waals surface area contributed by atoms with Gasteiger partial charge in [-0.3, -0.25) is 0 Å². The lowest BCUT2D eigenvalue weighted by molar-refractivity contribution is -0.0979. The standard InChI is InChI=1S/C8H6ClNS.C2H6.CH2O/c1-5-10-7-4-6(9)2-3-8(7)11-5;2*1-2/h2-4H,1H3;1-2H3;1H2. The van der Waals surface area contributed by atoms with Gasteiger partial charge < -0.3 is 4.79 Å². The smallest absolute Gasteiger partial charge is 0.106 e. The summed E-state index contributed by atoms with van der Waals surface area (Å²) >= 11 is 7.48. The van der Waals surface area contributed by atoms with E-state index in [1.54, 1.807) is 11.3 Å². The highest BCUT2D eigenvalue weighted by molar-refractivity contribution is 7.18. The minimum absolute atomic E-state index is 0.753. The van der Waals surface area contributed by atoms with E-state index in [0.717, 1.165) is 15.5 Å². The Kier molecular flexibility index (Phi) is 6.92. The number of aryl methyl sites for hydroxylation is 1. The van der Waals surface area contributed by atoms with Crippen molar-refractivity contribution in [2.24, 2.45) is 0 Å². The second kappa shape index (κ2) is 7.37. The first-order valence-electron chi connectivity index (χ1n) is 4.57. The van der Waals surface area contributed by atoms with Crippen LogP contribution in [0.1, 0.15) is 18.9 Å². The van der Waals surface area contributed by atoms with Gasteiger partial charge in [0.2, 0.25) is 0 Å². The Bertz CT molecular complexity index is 414.